The Labute approximate surface area is 188 Å². The molecule has 2 aromatic rings. The van der Waals surface area contributed by atoms with Crippen molar-refractivity contribution in [3.63, 3.8) is 0 Å². The molecule has 3 N–H and O–H groups in total. The Bertz CT molecular complexity index is 797. The van der Waals surface area contributed by atoms with Crippen LogP contribution in [0, 0.1) is 5.92 Å². The molecule has 0 atom stereocenters. The van der Waals surface area contributed by atoms with Crippen LogP contribution in [0.2, 0.25) is 5.02 Å². The average molecular weight is 460 g/mol. The number of hydrogen-bond donors (Lipinski definition) is 3. The number of carbonyl (C=O) groups excluding carboxylic acids is 2. The molecule has 1 aliphatic heterocycles. The van der Waals surface area contributed by atoms with Crippen molar-refractivity contribution in [1.29, 1.82) is 0 Å². The molecule has 0 radical (unpaired) electrons. The first-order valence-electron chi connectivity index (χ1n) is 9.14. The van der Waals surface area contributed by atoms with E-state index in [1.807, 2.05) is 0 Å². The van der Waals surface area contributed by atoms with Crippen molar-refractivity contribution >= 4 is 59.7 Å². The summed E-state index contributed by atoms with van der Waals surface area (Å²) in [6, 6.07) is 10.2. The molecule has 0 spiro atoms. The number of nitrogens with zero attached hydrogens (tertiary/aromatic N) is 1. The van der Waals surface area contributed by atoms with Crippen LogP contribution in [-0.4, -0.2) is 29.9 Å². The lowest BCUT2D eigenvalue weighted by molar-refractivity contribution is -0.116. The van der Waals surface area contributed by atoms with Crippen LogP contribution in [0.5, 0.6) is 0 Å². The Morgan fingerprint density at radius 3 is 2.48 bits per heavy atom. The molecule has 2 amide bonds. The Kier molecular flexibility index (Phi) is 11.0. The standard InChI is InChI=1S/C20H23ClN4O2.2ClH/c21-15-6-7-18(23-13-15)25-20(27)16-3-1-2-4-17(16)24-19(26)8-5-14-9-11-22-12-10-14;;/h1-4,6-7,13-14,22H,5,8-12H2,(H,24,26)(H,23,25,27);2*1H. The van der Waals surface area contributed by atoms with Crippen LogP contribution in [0.1, 0.15) is 36.0 Å². The molecule has 6 nitrogen and oxygen atoms in total. The number of rotatable bonds is 6. The minimum atomic E-state index is -0.334. The van der Waals surface area contributed by atoms with E-state index in [-0.39, 0.29) is 36.6 Å². The quantitative estimate of drug-likeness (QED) is 0.592. The molecule has 9 heteroatoms. The third kappa shape index (κ3) is 7.82. The van der Waals surface area contributed by atoms with Crippen LogP contribution in [0.25, 0.3) is 0 Å². The largest absolute Gasteiger partial charge is 0.325 e. The van der Waals surface area contributed by atoms with Gasteiger partial charge in [0, 0.05) is 12.6 Å². The first kappa shape index (κ1) is 25.2. The minimum Gasteiger partial charge on any atom is -0.325 e. The van der Waals surface area contributed by atoms with E-state index in [0.29, 0.717) is 34.4 Å². The molecule has 2 heterocycles. The molecule has 1 saturated heterocycles. The van der Waals surface area contributed by atoms with E-state index in [4.69, 9.17) is 11.6 Å². The Morgan fingerprint density at radius 1 is 1.07 bits per heavy atom. The number of aromatic nitrogens is 1. The molecular formula is C20H25Cl3N4O2. The Balaban J connectivity index is 0.00000210. The summed E-state index contributed by atoms with van der Waals surface area (Å²) in [5.74, 6) is 0.584. The van der Waals surface area contributed by atoms with E-state index in [1.165, 1.54) is 6.20 Å². The zero-order chi connectivity index (χ0) is 19.1. The zero-order valence-corrected chi connectivity index (χ0v) is 18.2. The van der Waals surface area contributed by atoms with Gasteiger partial charge in [0.25, 0.3) is 5.91 Å². The van der Waals surface area contributed by atoms with Gasteiger partial charge in [-0.2, -0.15) is 0 Å². The van der Waals surface area contributed by atoms with Gasteiger partial charge in [-0.25, -0.2) is 4.98 Å². The van der Waals surface area contributed by atoms with Gasteiger partial charge < -0.3 is 16.0 Å². The van der Waals surface area contributed by atoms with Crippen molar-refractivity contribution in [1.82, 2.24) is 10.3 Å². The smallest absolute Gasteiger partial charge is 0.258 e. The summed E-state index contributed by atoms with van der Waals surface area (Å²) < 4.78 is 0. The van der Waals surface area contributed by atoms with Crippen molar-refractivity contribution in [2.45, 2.75) is 25.7 Å². The van der Waals surface area contributed by atoms with Crippen molar-refractivity contribution in [3.8, 4) is 0 Å². The third-order valence-corrected chi connectivity index (χ3v) is 4.88. The van der Waals surface area contributed by atoms with Crippen molar-refractivity contribution in [2.75, 3.05) is 23.7 Å². The maximum atomic E-state index is 12.6. The number of para-hydroxylation sites is 1. The van der Waals surface area contributed by atoms with E-state index in [2.05, 4.69) is 20.9 Å². The summed E-state index contributed by atoms with van der Waals surface area (Å²) in [6.45, 7) is 2.04. The van der Waals surface area contributed by atoms with Crippen molar-refractivity contribution in [3.05, 3.63) is 53.2 Å². The summed E-state index contributed by atoms with van der Waals surface area (Å²) in [6.07, 6.45) is 5.02. The molecule has 0 bridgehead atoms. The molecule has 1 aromatic carbocycles. The zero-order valence-electron chi connectivity index (χ0n) is 15.8. The summed E-state index contributed by atoms with van der Waals surface area (Å²) in [5, 5.41) is 9.41. The maximum absolute atomic E-state index is 12.6. The number of anilines is 2. The highest BCUT2D eigenvalue weighted by Crippen LogP contribution is 2.20. The molecule has 1 aliphatic rings. The molecule has 0 aliphatic carbocycles. The summed E-state index contributed by atoms with van der Waals surface area (Å²) >= 11 is 5.81. The first-order chi connectivity index (χ1) is 13.1. The lowest BCUT2D eigenvalue weighted by atomic mass is 9.93. The van der Waals surface area contributed by atoms with Gasteiger partial charge in [-0.1, -0.05) is 23.7 Å². The van der Waals surface area contributed by atoms with Gasteiger partial charge in [0.1, 0.15) is 5.82 Å². The SMILES string of the molecule is Cl.Cl.O=C(CCC1CCNCC1)Nc1ccccc1C(=O)Nc1ccc(Cl)cn1. The number of benzene rings is 1. The fraction of sp³-hybridized carbons (Fsp3) is 0.350. The van der Waals surface area contributed by atoms with E-state index in [9.17, 15) is 9.59 Å². The highest BCUT2D eigenvalue weighted by molar-refractivity contribution is 6.30. The lowest BCUT2D eigenvalue weighted by Gasteiger charge is -2.22. The van der Waals surface area contributed by atoms with Crippen LogP contribution >= 0.6 is 36.4 Å². The highest BCUT2D eigenvalue weighted by Gasteiger charge is 2.17. The van der Waals surface area contributed by atoms with Gasteiger partial charge in [0.2, 0.25) is 5.91 Å². The van der Waals surface area contributed by atoms with Gasteiger partial charge in [-0.3, -0.25) is 9.59 Å². The molecule has 0 saturated carbocycles. The van der Waals surface area contributed by atoms with Crippen LogP contribution in [0.15, 0.2) is 42.6 Å². The summed E-state index contributed by atoms with van der Waals surface area (Å²) in [4.78, 5) is 29.0. The van der Waals surface area contributed by atoms with E-state index < -0.39 is 0 Å². The van der Waals surface area contributed by atoms with Gasteiger partial charge in [-0.05, 0) is 62.5 Å². The highest BCUT2D eigenvalue weighted by atomic mass is 35.5. The minimum absolute atomic E-state index is 0. The molecule has 0 unspecified atom stereocenters. The van der Waals surface area contributed by atoms with Crippen LogP contribution in [0.3, 0.4) is 0 Å². The second-order valence-electron chi connectivity index (χ2n) is 6.64. The number of pyridine rings is 1. The predicted octanol–water partition coefficient (Wildman–Crippen LogP) is 4.55. The normalized spacial score (nSPS) is 13.6. The van der Waals surface area contributed by atoms with Crippen LogP contribution < -0.4 is 16.0 Å². The Morgan fingerprint density at radius 2 is 1.79 bits per heavy atom. The van der Waals surface area contributed by atoms with E-state index in [0.717, 1.165) is 32.4 Å². The van der Waals surface area contributed by atoms with Gasteiger partial charge in [0.05, 0.1) is 16.3 Å². The fourth-order valence-electron chi connectivity index (χ4n) is 3.14. The maximum Gasteiger partial charge on any atom is 0.258 e. The molecule has 29 heavy (non-hydrogen) atoms. The molecule has 3 rings (SSSR count). The van der Waals surface area contributed by atoms with Gasteiger partial charge in [0.15, 0.2) is 0 Å². The molecule has 1 fully saturated rings. The monoisotopic (exact) mass is 458 g/mol. The molecule has 158 valence electrons. The predicted molar refractivity (Wildman–Crippen MR) is 122 cm³/mol. The van der Waals surface area contributed by atoms with Crippen molar-refractivity contribution in [2.24, 2.45) is 5.92 Å². The van der Waals surface area contributed by atoms with Gasteiger partial charge in [-0.15, -0.1) is 24.8 Å². The second-order valence-corrected chi connectivity index (χ2v) is 7.08. The second kappa shape index (κ2) is 12.6. The summed E-state index contributed by atoms with van der Waals surface area (Å²) in [7, 11) is 0. The molecular weight excluding hydrogens is 435 g/mol. The number of halogens is 3. The van der Waals surface area contributed by atoms with E-state index >= 15 is 0 Å². The van der Waals surface area contributed by atoms with Crippen molar-refractivity contribution < 1.29 is 9.59 Å². The number of piperidine rings is 1. The third-order valence-electron chi connectivity index (χ3n) is 4.65. The topological polar surface area (TPSA) is 83.1 Å². The molecule has 1 aromatic heterocycles. The van der Waals surface area contributed by atoms with Crippen LogP contribution in [0.4, 0.5) is 11.5 Å². The number of carbonyl (C=O) groups is 2. The summed E-state index contributed by atoms with van der Waals surface area (Å²) in [5.41, 5.74) is 0.892. The first-order valence-corrected chi connectivity index (χ1v) is 9.52. The lowest BCUT2D eigenvalue weighted by Crippen LogP contribution is -2.28. The van der Waals surface area contributed by atoms with E-state index in [1.54, 1.807) is 36.4 Å². The number of amides is 2. The number of hydrogen-bond acceptors (Lipinski definition) is 4. The Hall–Kier alpha value is -1.86. The average Bonchev–Trinajstić information content (AvgIpc) is 2.69. The van der Waals surface area contributed by atoms with Crippen LogP contribution in [-0.2, 0) is 4.79 Å². The van der Waals surface area contributed by atoms with Gasteiger partial charge >= 0.3 is 0 Å². The fourth-order valence-corrected chi connectivity index (χ4v) is 3.25. The number of nitrogens with one attached hydrogen (secondary N) is 3.